The molecule has 1 aliphatic carbocycles. The SMILES string of the molecule is O=C(c1c(O)c2ccccc2oc1=O)C1CC1. The molecule has 1 fully saturated rings. The van der Waals surface area contributed by atoms with Gasteiger partial charge in [-0.25, -0.2) is 4.79 Å². The Morgan fingerprint density at radius 3 is 2.71 bits per heavy atom. The largest absolute Gasteiger partial charge is 0.506 e. The Kier molecular flexibility index (Phi) is 2.04. The first-order chi connectivity index (χ1) is 8.18. The van der Waals surface area contributed by atoms with E-state index in [2.05, 4.69) is 0 Å². The second-order valence-corrected chi connectivity index (χ2v) is 4.25. The molecule has 86 valence electrons. The van der Waals surface area contributed by atoms with Crippen LogP contribution < -0.4 is 5.63 Å². The number of benzene rings is 1. The van der Waals surface area contributed by atoms with E-state index in [1.807, 2.05) is 0 Å². The lowest BCUT2D eigenvalue weighted by atomic mass is 10.1. The molecular formula is C13H10O4. The van der Waals surface area contributed by atoms with Gasteiger partial charge in [-0.05, 0) is 25.0 Å². The predicted molar refractivity (Wildman–Crippen MR) is 61.2 cm³/mol. The van der Waals surface area contributed by atoms with Gasteiger partial charge in [-0.2, -0.15) is 0 Å². The van der Waals surface area contributed by atoms with E-state index in [1.165, 1.54) is 0 Å². The van der Waals surface area contributed by atoms with Gasteiger partial charge in [0.05, 0.1) is 5.39 Å². The number of para-hydroxylation sites is 1. The molecule has 0 atom stereocenters. The molecule has 0 bridgehead atoms. The first-order valence-corrected chi connectivity index (χ1v) is 5.47. The molecule has 0 amide bonds. The average Bonchev–Trinajstić information content (AvgIpc) is 3.12. The molecule has 4 nitrogen and oxygen atoms in total. The fourth-order valence-electron chi connectivity index (χ4n) is 1.90. The number of ketones is 1. The maximum absolute atomic E-state index is 11.9. The van der Waals surface area contributed by atoms with Gasteiger partial charge in [0.25, 0.3) is 0 Å². The summed E-state index contributed by atoms with van der Waals surface area (Å²) in [5.74, 6) is -0.680. The minimum absolute atomic E-state index is 0.120. The average molecular weight is 230 g/mol. The second kappa shape index (κ2) is 3.45. The summed E-state index contributed by atoms with van der Waals surface area (Å²) in [6, 6.07) is 6.62. The van der Waals surface area contributed by atoms with Crippen molar-refractivity contribution in [1.29, 1.82) is 0 Å². The molecule has 4 heteroatoms. The van der Waals surface area contributed by atoms with Crippen molar-refractivity contribution in [3.05, 3.63) is 40.2 Å². The highest BCUT2D eigenvalue weighted by Crippen LogP contribution is 2.35. The van der Waals surface area contributed by atoms with Gasteiger partial charge in [0.15, 0.2) is 5.78 Å². The van der Waals surface area contributed by atoms with Gasteiger partial charge < -0.3 is 9.52 Å². The lowest BCUT2D eigenvalue weighted by Crippen LogP contribution is -2.15. The Bertz CT molecular complexity index is 665. The van der Waals surface area contributed by atoms with Gasteiger partial charge >= 0.3 is 5.63 Å². The molecule has 0 radical (unpaired) electrons. The van der Waals surface area contributed by atoms with Crippen LogP contribution in [0.15, 0.2) is 33.5 Å². The molecule has 0 spiro atoms. The zero-order chi connectivity index (χ0) is 12.0. The van der Waals surface area contributed by atoms with Crippen molar-refractivity contribution in [3.63, 3.8) is 0 Å². The van der Waals surface area contributed by atoms with Crippen LogP contribution in [-0.2, 0) is 0 Å². The summed E-state index contributed by atoms with van der Waals surface area (Å²) in [6.45, 7) is 0. The Labute approximate surface area is 96.5 Å². The molecule has 1 aliphatic rings. The van der Waals surface area contributed by atoms with E-state index in [4.69, 9.17) is 4.42 Å². The van der Waals surface area contributed by atoms with Crippen LogP contribution in [0.25, 0.3) is 11.0 Å². The number of carbonyl (C=O) groups excluding carboxylic acids is 1. The van der Waals surface area contributed by atoms with Crippen molar-refractivity contribution < 1.29 is 14.3 Å². The summed E-state index contributed by atoms with van der Waals surface area (Å²) in [6.07, 6.45) is 1.56. The molecule has 3 rings (SSSR count). The van der Waals surface area contributed by atoms with Crippen LogP contribution in [0.1, 0.15) is 23.2 Å². The van der Waals surface area contributed by atoms with Crippen molar-refractivity contribution in [1.82, 2.24) is 0 Å². The van der Waals surface area contributed by atoms with E-state index >= 15 is 0 Å². The van der Waals surface area contributed by atoms with Gasteiger partial charge in [-0.3, -0.25) is 4.79 Å². The van der Waals surface area contributed by atoms with E-state index in [1.54, 1.807) is 24.3 Å². The fraction of sp³-hybridized carbons (Fsp3) is 0.231. The smallest absolute Gasteiger partial charge is 0.351 e. The molecule has 1 N–H and O–H groups in total. The van der Waals surface area contributed by atoms with Crippen molar-refractivity contribution in [2.45, 2.75) is 12.8 Å². The quantitative estimate of drug-likeness (QED) is 0.633. The van der Waals surface area contributed by atoms with E-state index in [9.17, 15) is 14.7 Å². The molecule has 2 aromatic rings. The molecule has 0 saturated heterocycles. The van der Waals surface area contributed by atoms with Crippen LogP contribution in [0.4, 0.5) is 0 Å². The number of aromatic hydroxyl groups is 1. The lowest BCUT2D eigenvalue weighted by molar-refractivity contribution is 0.0961. The maximum Gasteiger partial charge on any atom is 0.351 e. The van der Waals surface area contributed by atoms with Crippen LogP contribution in [-0.4, -0.2) is 10.9 Å². The molecule has 0 aliphatic heterocycles. The van der Waals surface area contributed by atoms with Gasteiger partial charge in [0.2, 0.25) is 0 Å². The molecule has 0 unspecified atom stereocenters. The van der Waals surface area contributed by atoms with E-state index < -0.39 is 5.63 Å². The fourth-order valence-corrected chi connectivity index (χ4v) is 1.90. The third-order valence-corrected chi connectivity index (χ3v) is 2.98. The highest BCUT2D eigenvalue weighted by molar-refractivity contribution is 6.04. The first kappa shape index (κ1) is 10.1. The van der Waals surface area contributed by atoms with Gasteiger partial charge in [0.1, 0.15) is 16.9 Å². The Morgan fingerprint density at radius 1 is 1.29 bits per heavy atom. The summed E-state index contributed by atoms with van der Waals surface area (Å²) >= 11 is 0. The van der Waals surface area contributed by atoms with E-state index in [0.29, 0.717) is 11.0 Å². The summed E-state index contributed by atoms with van der Waals surface area (Å²) in [5, 5.41) is 10.4. The number of hydrogen-bond acceptors (Lipinski definition) is 4. The minimum atomic E-state index is -0.752. The number of rotatable bonds is 2. The van der Waals surface area contributed by atoms with Crippen LogP contribution in [0, 0.1) is 5.92 Å². The highest BCUT2D eigenvalue weighted by Gasteiger charge is 2.34. The minimum Gasteiger partial charge on any atom is -0.506 e. The Morgan fingerprint density at radius 2 is 2.00 bits per heavy atom. The number of Topliss-reactive ketones (excluding diaryl/α,β-unsaturated/α-hetero) is 1. The number of fused-ring (bicyclic) bond motifs is 1. The molecule has 1 aromatic heterocycles. The molecule has 1 saturated carbocycles. The summed E-state index contributed by atoms with van der Waals surface area (Å²) in [5.41, 5.74) is -0.661. The predicted octanol–water partition coefficient (Wildman–Crippen LogP) is 2.09. The molecular weight excluding hydrogens is 220 g/mol. The number of hydrogen-bond donors (Lipinski definition) is 1. The second-order valence-electron chi connectivity index (χ2n) is 4.25. The topological polar surface area (TPSA) is 67.5 Å². The Hall–Kier alpha value is -2.10. The summed E-state index contributed by atoms with van der Waals surface area (Å²) < 4.78 is 5.04. The van der Waals surface area contributed by atoms with Crippen LogP contribution in [0.5, 0.6) is 5.75 Å². The van der Waals surface area contributed by atoms with Gasteiger partial charge in [0, 0.05) is 5.92 Å². The molecule has 17 heavy (non-hydrogen) atoms. The van der Waals surface area contributed by atoms with Gasteiger partial charge in [-0.15, -0.1) is 0 Å². The van der Waals surface area contributed by atoms with Crippen LogP contribution in [0.2, 0.25) is 0 Å². The summed E-state index contributed by atoms with van der Waals surface area (Å²) in [7, 11) is 0. The monoisotopic (exact) mass is 230 g/mol. The lowest BCUT2D eigenvalue weighted by Gasteiger charge is -2.04. The summed E-state index contributed by atoms with van der Waals surface area (Å²) in [4.78, 5) is 23.6. The molecule has 1 aromatic carbocycles. The van der Waals surface area contributed by atoms with Gasteiger partial charge in [-0.1, -0.05) is 12.1 Å². The standard InChI is InChI=1S/C13H10O4/c14-11(7-5-6-7)10-12(15)8-3-1-2-4-9(8)17-13(10)16/h1-4,7,15H,5-6H2. The van der Waals surface area contributed by atoms with Crippen LogP contribution in [0.3, 0.4) is 0 Å². The van der Waals surface area contributed by atoms with Crippen LogP contribution >= 0.6 is 0 Å². The van der Waals surface area contributed by atoms with Crippen molar-refractivity contribution in [2.24, 2.45) is 5.92 Å². The normalized spacial score (nSPS) is 15.1. The van der Waals surface area contributed by atoms with Crippen molar-refractivity contribution in [3.8, 4) is 5.75 Å². The highest BCUT2D eigenvalue weighted by atomic mass is 16.4. The molecule has 1 heterocycles. The zero-order valence-electron chi connectivity index (χ0n) is 8.97. The van der Waals surface area contributed by atoms with Crippen molar-refractivity contribution >= 4 is 16.8 Å². The Balaban J connectivity index is 2.30. The third-order valence-electron chi connectivity index (χ3n) is 2.98. The maximum atomic E-state index is 11.9. The number of carbonyl (C=O) groups is 1. The van der Waals surface area contributed by atoms with E-state index in [-0.39, 0.29) is 23.0 Å². The van der Waals surface area contributed by atoms with Crippen molar-refractivity contribution in [2.75, 3.05) is 0 Å². The zero-order valence-corrected chi connectivity index (χ0v) is 8.97. The third kappa shape index (κ3) is 1.53. The first-order valence-electron chi connectivity index (χ1n) is 5.47. The van der Waals surface area contributed by atoms with E-state index in [0.717, 1.165) is 12.8 Å².